The van der Waals surface area contributed by atoms with E-state index in [-0.39, 0.29) is 11.4 Å². The van der Waals surface area contributed by atoms with Crippen molar-refractivity contribution in [3.05, 3.63) is 47.4 Å². The van der Waals surface area contributed by atoms with E-state index in [4.69, 9.17) is 8.83 Å². The Bertz CT molecular complexity index is 1040. The van der Waals surface area contributed by atoms with Crippen molar-refractivity contribution in [2.45, 2.75) is 38.8 Å². The van der Waals surface area contributed by atoms with Crippen molar-refractivity contribution in [1.29, 1.82) is 0 Å². The average Bonchev–Trinajstić information content (AvgIpc) is 3.41. The number of likely N-dealkylation sites (N-methyl/N-ethyl adjacent to an activating group) is 1. The molecule has 0 atom stereocenters. The fraction of sp³-hybridized carbons (Fsp3) is 0.476. The minimum atomic E-state index is -0.147. The molecule has 1 saturated heterocycles. The number of piperidine rings is 1. The Morgan fingerprint density at radius 3 is 2.66 bits per heavy atom. The van der Waals surface area contributed by atoms with Crippen molar-refractivity contribution in [3.63, 3.8) is 0 Å². The number of fused-ring (bicyclic) bond motifs is 2. The first-order valence-electron chi connectivity index (χ1n) is 10.0. The fourth-order valence-corrected chi connectivity index (χ4v) is 4.87. The summed E-state index contributed by atoms with van der Waals surface area (Å²) in [7, 11) is 2.11. The van der Waals surface area contributed by atoms with Gasteiger partial charge in [0.05, 0.1) is 23.9 Å². The third-order valence-electron chi connectivity index (χ3n) is 6.17. The highest BCUT2D eigenvalue weighted by Gasteiger charge is 2.44. The van der Waals surface area contributed by atoms with Gasteiger partial charge in [0.1, 0.15) is 17.3 Å². The maximum atomic E-state index is 13.0. The molecular weight excluding hydrogens is 370 g/mol. The Balaban J connectivity index is 1.44. The van der Waals surface area contributed by atoms with E-state index >= 15 is 0 Å². The number of aromatic nitrogens is 3. The number of likely N-dealkylation sites (tertiary alicyclic amines) is 1. The molecule has 0 bridgehead atoms. The molecule has 8 nitrogen and oxygen atoms in total. The summed E-state index contributed by atoms with van der Waals surface area (Å²) in [5.41, 5.74) is 0.520. The van der Waals surface area contributed by atoms with Crippen LogP contribution in [-0.2, 0) is 12.1 Å². The normalized spacial score (nSPS) is 18.9. The summed E-state index contributed by atoms with van der Waals surface area (Å²) in [4.78, 5) is 17.3. The minimum absolute atomic E-state index is 0.0496. The van der Waals surface area contributed by atoms with Gasteiger partial charge in [-0.25, -0.2) is 0 Å². The van der Waals surface area contributed by atoms with Gasteiger partial charge in [0.2, 0.25) is 0 Å². The number of hydrogen-bond acceptors (Lipinski definition) is 6. The molecule has 3 aromatic rings. The molecule has 5 heterocycles. The lowest BCUT2D eigenvalue weighted by Crippen LogP contribution is -2.56. The number of amides is 1. The first-order valence-corrected chi connectivity index (χ1v) is 10.0. The molecule has 3 aromatic heterocycles. The molecule has 1 spiro atoms. The predicted molar refractivity (Wildman–Crippen MR) is 105 cm³/mol. The van der Waals surface area contributed by atoms with Crippen molar-refractivity contribution in [1.82, 2.24) is 24.6 Å². The number of furan rings is 2. The fourth-order valence-electron chi connectivity index (χ4n) is 4.87. The number of aryl methyl sites for hydroxylation is 2. The van der Waals surface area contributed by atoms with Crippen LogP contribution in [0.15, 0.2) is 33.3 Å². The highest BCUT2D eigenvalue weighted by molar-refractivity contribution is 5.95. The molecule has 0 aliphatic carbocycles. The Kier molecular flexibility index (Phi) is 4.13. The smallest absolute Gasteiger partial charge is 0.257 e. The third-order valence-corrected chi connectivity index (χ3v) is 6.17. The van der Waals surface area contributed by atoms with E-state index in [1.165, 1.54) is 0 Å². The maximum Gasteiger partial charge on any atom is 0.257 e. The molecule has 0 saturated carbocycles. The lowest BCUT2D eigenvalue weighted by molar-refractivity contribution is 0.0407. The van der Waals surface area contributed by atoms with Crippen molar-refractivity contribution in [3.8, 4) is 11.6 Å². The molecule has 2 aliphatic heterocycles. The third kappa shape index (κ3) is 2.90. The Morgan fingerprint density at radius 1 is 1.21 bits per heavy atom. The van der Waals surface area contributed by atoms with Crippen LogP contribution in [0.5, 0.6) is 0 Å². The lowest BCUT2D eigenvalue weighted by atomic mass is 9.84. The topological polar surface area (TPSA) is 80.5 Å². The quantitative estimate of drug-likeness (QED) is 0.664. The molecule has 0 aromatic carbocycles. The molecule has 1 fully saturated rings. The highest BCUT2D eigenvalue weighted by Crippen LogP contribution is 2.39. The van der Waals surface area contributed by atoms with Crippen LogP contribution in [0.1, 0.15) is 40.5 Å². The van der Waals surface area contributed by atoms with E-state index in [1.54, 1.807) is 6.26 Å². The minimum Gasteiger partial charge on any atom is -0.466 e. The Labute approximate surface area is 169 Å². The van der Waals surface area contributed by atoms with Gasteiger partial charge < -0.3 is 13.7 Å². The van der Waals surface area contributed by atoms with Crippen molar-refractivity contribution < 1.29 is 13.6 Å². The first-order chi connectivity index (χ1) is 14.0. The number of rotatable bonds is 2. The van der Waals surface area contributed by atoms with Crippen LogP contribution < -0.4 is 0 Å². The van der Waals surface area contributed by atoms with Gasteiger partial charge in [-0.1, -0.05) is 0 Å². The van der Waals surface area contributed by atoms with E-state index in [0.29, 0.717) is 24.4 Å². The summed E-state index contributed by atoms with van der Waals surface area (Å²) in [6.45, 7) is 6.75. The second kappa shape index (κ2) is 6.59. The van der Waals surface area contributed by atoms with Crippen LogP contribution in [0.25, 0.3) is 11.6 Å². The highest BCUT2D eigenvalue weighted by atomic mass is 16.3. The zero-order valence-electron chi connectivity index (χ0n) is 17.0. The summed E-state index contributed by atoms with van der Waals surface area (Å²) in [6, 6.07) is 5.63. The van der Waals surface area contributed by atoms with Crippen LogP contribution >= 0.6 is 0 Å². The molecule has 0 radical (unpaired) electrons. The molecule has 0 N–H and O–H groups in total. The Hall–Kier alpha value is -2.87. The summed E-state index contributed by atoms with van der Waals surface area (Å²) in [5.74, 6) is 3.96. The van der Waals surface area contributed by atoms with Gasteiger partial charge in [-0.3, -0.25) is 14.3 Å². The van der Waals surface area contributed by atoms with Crippen LogP contribution in [0, 0.1) is 13.8 Å². The van der Waals surface area contributed by atoms with E-state index in [9.17, 15) is 4.79 Å². The molecule has 2 aliphatic rings. The van der Waals surface area contributed by atoms with Gasteiger partial charge in [0, 0.05) is 19.6 Å². The summed E-state index contributed by atoms with van der Waals surface area (Å²) < 4.78 is 13.4. The molecule has 0 unspecified atom stereocenters. The number of hydrogen-bond donors (Lipinski definition) is 0. The van der Waals surface area contributed by atoms with Gasteiger partial charge in [-0.05, 0) is 51.9 Å². The van der Waals surface area contributed by atoms with Crippen molar-refractivity contribution in [2.75, 3.05) is 26.7 Å². The molecule has 5 rings (SSSR count). The van der Waals surface area contributed by atoms with E-state index < -0.39 is 0 Å². The van der Waals surface area contributed by atoms with E-state index in [2.05, 4.69) is 26.7 Å². The van der Waals surface area contributed by atoms with Gasteiger partial charge in [0.15, 0.2) is 11.6 Å². The van der Waals surface area contributed by atoms with Gasteiger partial charge in [-0.15, -0.1) is 10.2 Å². The zero-order chi connectivity index (χ0) is 20.2. The predicted octanol–water partition coefficient (Wildman–Crippen LogP) is 2.82. The van der Waals surface area contributed by atoms with Gasteiger partial charge in [-0.2, -0.15) is 0 Å². The van der Waals surface area contributed by atoms with Gasteiger partial charge >= 0.3 is 0 Å². The van der Waals surface area contributed by atoms with Crippen molar-refractivity contribution in [2.24, 2.45) is 0 Å². The standard InChI is InChI=1S/C21H25N5O3/c1-14-11-16(15(2)29-14)20(27)25-8-6-21(7-9-25)13-24(3)12-18-22-23-19(26(18)21)17-5-4-10-28-17/h4-5,10-11H,6-9,12-13H2,1-3H3. The molecule has 152 valence electrons. The number of carbonyl (C=O) groups excluding carboxylic acids is 1. The summed E-state index contributed by atoms with van der Waals surface area (Å²) >= 11 is 0. The van der Waals surface area contributed by atoms with E-state index in [0.717, 1.165) is 49.1 Å². The number of nitrogens with zero attached hydrogens (tertiary/aromatic N) is 5. The zero-order valence-corrected chi connectivity index (χ0v) is 17.0. The maximum absolute atomic E-state index is 13.0. The van der Waals surface area contributed by atoms with Crippen molar-refractivity contribution >= 4 is 5.91 Å². The SMILES string of the molecule is Cc1cc(C(=O)N2CCC3(CC2)CN(C)Cc2nnc(-c4ccco4)n23)c(C)o1. The molecular formula is C21H25N5O3. The largest absolute Gasteiger partial charge is 0.466 e. The van der Waals surface area contributed by atoms with Crippen LogP contribution in [-0.4, -0.2) is 57.2 Å². The summed E-state index contributed by atoms with van der Waals surface area (Å²) in [6.07, 6.45) is 3.35. The number of carbonyl (C=O) groups is 1. The van der Waals surface area contributed by atoms with Gasteiger partial charge in [0.25, 0.3) is 5.91 Å². The Morgan fingerprint density at radius 2 is 2.00 bits per heavy atom. The molecule has 1 amide bonds. The monoisotopic (exact) mass is 395 g/mol. The second-order valence-corrected chi connectivity index (χ2v) is 8.27. The molecule has 29 heavy (non-hydrogen) atoms. The van der Waals surface area contributed by atoms with Crippen LogP contribution in [0.2, 0.25) is 0 Å². The van der Waals surface area contributed by atoms with Crippen LogP contribution in [0.4, 0.5) is 0 Å². The van der Waals surface area contributed by atoms with Crippen LogP contribution in [0.3, 0.4) is 0 Å². The van der Waals surface area contributed by atoms with E-state index in [1.807, 2.05) is 36.9 Å². The molecule has 8 heteroatoms. The summed E-state index contributed by atoms with van der Waals surface area (Å²) in [5, 5.41) is 8.89. The second-order valence-electron chi connectivity index (χ2n) is 8.27. The average molecular weight is 395 g/mol. The lowest BCUT2D eigenvalue weighted by Gasteiger charge is -2.48. The first kappa shape index (κ1) is 18.2.